The summed E-state index contributed by atoms with van der Waals surface area (Å²) < 4.78 is 5.43. The van der Waals surface area contributed by atoms with Crippen LogP contribution in [0.1, 0.15) is 42.0 Å². The maximum Gasteiger partial charge on any atom is 0.0594 e. The highest BCUT2D eigenvalue weighted by atomic mass is 16.5. The lowest BCUT2D eigenvalue weighted by atomic mass is 9.96. The molecule has 0 spiro atoms. The third-order valence-electron chi connectivity index (χ3n) is 5.44. The molecule has 2 aromatic rings. The second kappa shape index (κ2) is 8.13. The van der Waals surface area contributed by atoms with Crippen LogP contribution in [-0.2, 0) is 17.8 Å². The summed E-state index contributed by atoms with van der Waals surface area (Å²) >= 11 is 0. The normalized spacial score (nSPS) is 23.0. The molecular weight excluding hydrogens is 312 g/mol. The van der Waals surface area contributed by atoms with Gasteiger partial charge in [0.25, 0.3) is 0 Å². The first-order chi connectivity index (χ1) is 12.4. The van der Waals surface area contributed by atoms with Crippen LogP contribution in [0.3, 0.4) is 0 Å². The van der Waals surface area contributed by atoms with Gasteiger partial charge >= 0.3 is 0 Å². The second-order valence-corrected chi connectivity index (χ2v) is 7.22. The van der Waals surface area contributed by atoms with E-state index in [1.807, 2.05) is 6.20 Å². The molecule has 2 aliphatic heterocycles. The maximum atomic E-state index is 5.43. The van der Waals surface area contributed by atoms with Crippen molar-refractivity contribution in [3.8, 4) is 0 Å². The molecule has 1 atom stereocenters. The third-order valence-corrected chi connectivity index (χ3v) is 5.44. The first-order valence-corrected chi connectivity index (χ1v) is 9.49. The molecule has 0 bridgehead atoms. The highest BCUT2D eigenvalue weighted by molar-refractivity contribution is 5.23. The average Bonchev–Trinajstić information content (AvgIpc) is 3.19. The standard InChI is InChI=1S/C20H28N4O/c1-2-8-24(20(3-1)19-13-21-22-14-19)16-18-6-4-17(5-7-18)15-23-9-11-25-12-10-23/h4-7,13-14,20H,1-3,8-12,15-16H2,(H,21,22)/t20-/m1/s1. The molecule has 4 rings (SSSR count). The van der Waals surface area contributed by atoms with Gasteiger partial charge in [-0.1, -0.05) is 30.7 Å². The van der Waals surface area contributed by atoms with Crippen molar-refractivity contribution >= 4 is 0 Å². The molecule has 1 aromatic carbocycles. The molecular formula is C20H28N4O. The Bertz CT molecular complexity index is 634. The number of ether oxygens (including phenoxy) is 1. The highest BCUT2D eigenvalue weighted by Crippen LogP contribution is 2.31. The molecule has 0 unspecified atom stereocenters. The predicted octanol–water partition coefficient (Wildman–Crippen LogP) is 2.97. The summed E-state index contributed by atoms with van der Waals surface area (Å²) in [6, 6.07) is 9.69. The van der Waals surface area contributed by atoms with Crippen molar-refractivity contribution in [1.82, 2.24) is 20.0 Å². The number of benzene rings is 1. The van der Waals surface area contributed by atoms with E-state index in [1.165, 1.54) is 42.5 Å². The Kier molecular flexibility index (Phi) is 5.45. The Labute approximate surface area is 150 Å². The van der Waals surface area contributed by atoms with Gasteiger partial charge in [-0.25, -0.2) is 0 Å². The lowest BCUT2D eigenvalue weighted by Gasteiger charge is -2.35. The van der Waals surface area contributed by atoms with E-state index < -0.39 is 0 Å². The van der Waals surface area contributed by atoms with Gasteiger partial charge < -0.3 is 4.74 Å². The molecule has 5 nitrogen and oxygen atoms in total. The summed E-state index contributed by atoms with van der Waals surface area (Å²) in [6.07, 6.45) is 7.87. The first-order valence-electron chi connectivity index (χ1n) is 9.49. The molecule has 2 fully saturated rings. The van der Waals surface area contributed by atoms with Gasteiger partial charge in [-0.15, -0.1) is 0 Å². The number of rotatable bonds is 5. The van der Waals surface area contributed by atoms with Crippen molar-refractivity contribution in [2.45, 2.75) is 38.4 Å². The lowest BCUT2D eigenvalue weighted by Crippen LogP contribution is -2.35. The van der Waals surface area contributed by atoms with E-state index in [9.17, 15) is 0 Å². The van der Waals surface area contributed by atoms with E-state index in [-0.39, 0.29) is 0 Å². The summed E-state index contributed by atoms with van der Waals surface area (Å²) in [7, 11) is 0. The van der Waals surface area contributed by atoms with Gasteiger partial charge in [0, 0.05) is 44.0 Å². The molecule has 0 saturated carbocycles. The number of nitrogens with one attached hydrogen (secondary N) is 1. The molecule has 2 saturated heterocycles. The number of nitrogens with zero attached hydrogens (tertiary/aromatic N) is 3. The van der Waals surface area contributed by atoms with Gasteiger partial charge in [-0.3, -0.25) is 14.9 Å². The summed E-state index contributed by atoms with van der Waals surface area (Å²) in [5.41, 5.74) is 4.13. The van der Waals surface area contributed by atoms with Gasteiger partial charge in [-0.05, 0) is 30.5 Å². The number of aromatic amines is 1. The van der Waals surface area contributed by atoms with E-state index in [0.717, 1.165) is 39.4 Å². The predicted molar refractivity (Wildman–Crippen MR) is 98.1 cm³/mol. The zero-order chi connectivity index (χ0) is 16.9. The van der Waals surface area contributed by atoms with Crippen molar-refractivity contribution in [3.63, 3.8) is 0 Å². The van der Waals surface area contributed by atoms with Crippen LogP contribution in [-0.4, -0.2) is 52.8 Å². The smallest absolute Gasteiger partial charge is 0.0594 e. The fourth-order valence-corrected chi connectivity index (χ4v) is 4.00. The summed E-state index contributed by atoms with van der Waals surface area (Å²) in [5.74, 6) is 0. The number of morpholine rings is 1. The molecule has 1 aromatic heterocycles. The van der Waals surface area contributed by atoms with Crippen LogP contribution < -0.4 is 0 Å². The van der Waals surface area contributed by atoms with Crippen LogP contribution >= 0.6 is 0 Å². The quantitative estimate of drug-likeness (QED) is 0.909. The molecule has 1 N–H and O–H groups in total. The first kappa shape index (κ1) is 16.8. The van der Waals surface area contributed by atoms with Gasteiger partial charge in [0.05, 0.1) is 19.4 Å². The topological polar surface area (TPSA) is 44.4 Å². The highest BCUT2D eigenvalue weighted by Gasteiger charge is 2.24. The molecule has 0 radical (unpaired) electrons. The maximum absolute atomic E-state index is 5.43. The number of hydrogen-bond acceptors (Lipinski definition) is 4. The van der Waals surface area contributed by atoms with Crippen molar-refractivity contribution in [3.05, 3.63) is 53.3 Å². The van der Waals surface area contributed by atoms with E-state index >= 15 is 0 Å². The summed E-state index contributed by atoms with van der Waals surface area (Å²) in [5, 5.41) is 7.11. The van der Waals surface area contributed by atoms with E-state index in [0.29, 0.717) is 6.04 Å². The van der Waals surface area contributed by atoms with Crippen LogP contribution in [0.15, 0.2) is 36.7 Å². The average molecular weight is 340 g/mol. The van der Waals surface area contributed by atoms with Crippen molar-refractivity contribution in [2.24, 2.45) is 0 Å². The number of hydrogen-bond donors (Lipinski definition) is 1. The molecule has 0 amide bonds. The third kappa shape index (κ3) is 4.29. The van der Waals surface area contributed by atoms with Crippen LogP contribution in [0.2, 0.25) is 0 Å². The minimum atomic E-state index is 0.500. The van der Waals surface area contributed by atoms with Crippen molar-refractivity contribution < 1.29 is 4.74 Å². The Balaban J connectivity index is 1.38. The second-order valence-electron chi connectivity index (χ2n) is 7.22. The molecule has 0 aliphatic carbocycles. The number of likely N-dealkylation sites (tertiary alicyclic amines) is 1. The van der Waals surface area contributed by atoms with E-state index in [1.54, 1.807) is 0 Å². The largest absolute Gasteiger partial charge is 0.379 e. The van der Waals surface area contributed by atoms with E-state index in [4.69, 9.17) is 4.74 Å². The molecule has 134 valence electrons. The summed E-state index contributed by atoms with van der Waals surface area (Å²) in [6.45, 7) is 7.04. The lowest BCUT2D eigenvalue weighted by molar-refractivity contribution is 0.0342. The SMILES string of the molecule is c1cc(CN2CCCC[C@@H]2c2cn[nH]c2)ccc1CN1CCOCC1. The van der Waals surface area contributed by atoms with Gasteiger partial charge in [0.2, 0.25) is 0 Å². The fraction of sp³-hybridized carbons (Fsp3) is 0.550. The minimum absolute atomic E-state index is 0.500. The minimum Gasteiger partial charge on any atom is -0.379 e. The monoisotopic (exact) mass is 340 g/mol. The molecule has 5 heteroatoms. The fourth-order valence-electron chi connectivity index (χ4n) is 4.00. The zero-order valence-electron chi connectivity index (χ0n) is 14.9. The van der Waals surface area contributed by atoms with Gasteiger partial charge in [-0.2, -0.15) is 5.10 Å². The van der Waals surface area contributed by atoms with Crippen molar-refractivity contribution in [2.75, 3.05) is 32.8 Å². The van der Waals surface area contributed by atoms with Crippen LogP contribution in [0.5, 0.6) is 0 Å². The van der Waals surface area contributed by atoms with Gasteiger partial charge in [0.15, 0.2) is 0 Å². The number of H-pyrrole nitrogens is 1. The molecule has 2 aliphatic rings. The van der Waals surface area contributed by atoms with E-state index in [2.05, 4.69) is 50.5 Å². The number of aromatic nitrogens is 2. The number of piperidine rings is 1. The Morgan fingerprint density at radius 1 is 1.00 bits per heavy atom. The van der Waals surface area contributed by atoms with Crippen LogP contribution in [0.25, 0.3) is 0 Å². The van der Waals surface area contributed by atoms with Crippen molar-refractivity contribution in [1.29, 1.82) is 0 Å². The van der Waals surface area contributed by atoms with Crippen LogP contribution in [0, 0.1) is 0 Å². The van der Waals surface area contributed by atoms with Crippen LogP contribution in [0.4, 0.5) is 0 Å². The summed E-state index contributed by atoms with van der Waals surface area (Å²) in [4.78, 5) is 5.07. The molecule has 3 heterocycles. The Hall–Kier alpha value is -1.69. The zero-order valence-corrected chi connectivity index (χ0v) is 14.9. The molecule has 25 heavy (non-hydrogen) atoms. The Morgan fingerprint density at radius 2 is 1.76 bits per heavy atom. The Morgan fingerprint density at radius 3 is 2.48 bits per heavy atom. The van der Waals surface area contributed by atoms with Gasteiger partial charge in [0.1, 0.15) is 0 Å².